The lowest BCUT2D eigenvalue weighted by atomic mass is 9.91. The van der Waals surface area contributed by atoms with Crippen molar-refractivity contribution in [2.45, 2.75) is 43.3 Å². The van der Waals surface area contributed by atoms with Crippen molar-refractivity contribution in [3.05, 3.63) is 47.5 Å². The third-order valence-electron chi connectivity index (χ3n) is 6.65. The Kier molecular flexibility index (Phi) is 7.47. The van der Waals surface area contributed by atoms with E-state index >= 15 is 0 Å². The van der Waals surface area contributed by atoms with Crippen LogP contribution in [0.4, 0.5) is 31.1 Å². The molecule has 40 heavy (non-hydrogen) atoms. The van der Waals surface area contributed by atoms with Gasteiger partial charge in [0.2, 0.25) is 6.79 Å². The molecule has 0 spiro atoms. The average molecular weight is 578 g/mol. The highest BCUT2D eigenvalue weighted by Crippen LogP contribution is 2.52. The molecule has 1 atom stereocenters. The van der Waals surface area contributed by atoms with E-state index < -0.39 is 46.7 Å². The number of rotatable bonds is 9. The molecule has 4 rings (SSSR count). The van der Waals surface area contributed by atoms with E-state index in [1.807, 2.05) is 0 Å². The van der Waals surface area contributed by atoms with Crippen LogP contribution in [-0.2, 0) is 15.9 Å². The minimum Gasteiger partial charge on any atom is -0.496 e. The molecule has 218 valence electrons. The van der Waals surface area contributed by atoms with Gasteiger partial charge in [-0.05, 0) is 49.6 Å². The van der Waals surface area contributed by atoms with Gasteiger partial charge in [-0.25, -0.2) is 4.79 Å². The fourth-order valence-corrected chi connectivity index (χ4v) is 4.39. The predicted molar refractivity (Wildman–Crippen MR) is 124 cm³/mol. The van der Waals surface area contributed by atoms with Crippen molar-refractivity contribution >= 4 is 11.9 Å². The van der Waals surface area contributed by atoms with Crippen molar-refractivity contribution in [2.75, 3.05) is 27.1 Å². The molecule has 0 radical (unpaired) electrons. The Morgan fingerprint density at radius 3 is 2.33 bits per heavy atom. The second kappa shape index (κ2) is 10.3. The molecule has 0 bridgehead atoms. The van der Waals surface area contributed by atoms with Crippen LogP contribution < -0.4 is 24.3 Å². The predicted octanol–water partition coefficient (Wildman–Crippen LogP) is 4.36. The molecule has 0 aliphatic carbocycles. The van der Waals surface area contributed by atoms with E-state index in [-0.39, 0.29) is 38.5 Å². The topological polar surface area (TPSA) is 107 Å². The third-order valence-corrected chi connectivity index (χ3v) is 6.65. The third kappa shape index (κ3) is 4.93. The van der Waals surface area contributed by atoms with Crippen molar-refractivity contribution in [3.63, 3.8) is 0 Å². The van der Waals surface area contributed by atoms with Gasteiger partial charge in [-0.3, -0.25) is 9.69 Å². The molecule has 9 nitrogen and oxygen atoms in total. The molecule has 2 aliphatic heterocycles. The number of amides is 3. The minimum atomic E-state index is -6.07. The number of alkyl halides is 6. The van der Waals surface area contributed by atoms with E-state index in [0.717, 1.165) is 24.1 Å². The summed E-state index contributed by atoms with van der Waals surface area (Å²) in [5.74, 6) is -0.513. The van der Waals surface area contributed by atoms with Gasteiger partial charge in [-0.15, -0.1) is 0 Å². The maximum absolute atomic E-state index is 13.2. The molecular formula is C25H24F6N2O7. The first kappa shape index (κ1) is 29.1. The minimum absolute atomic E-state index is 0.0284. The molecule has 3 amide bonds. The number of nitrogens with zero attached hydrogens (tertiary/aromatic N) is 1. The van der Waals surface area contributed by atoms with E-state index in [1.165, 1.54) is 0 Å². The summed E-state index contributed by atoms with van der Waals surface area (Å²) >= 11 is 0. The number of imide groups is 1. The van der Waals surface area contributed by atoms with Gasteiger partial charge in [0.15, 0.2) is 11.5 Å². The van der Waals surface area contributed by atoms with Gasteiger partial charge < -0.3 is 29.4 Å². The summed E-state index contributed by atoms with van der Waals surface area (Å²) in [5.41, 5.74) is -7.52. The van der Waals surface area contributed by atoms with Crippen molar-refractivity contribution < 1.29 is 60.0 Å². The number of nitrogens with one attached hydrogen (secondary N) is 1. The number of hydrogen-bond acceptors (Lipinski definition) is 7. The van der Waals surface area contributed by atoms with Gasteiger partial charge in [-0.1, -0.05) is 6.07 Å². The summed E-state index contributed by atoms with van der Waals surface area (Å²) in [7, 11) is 0.852. The second-order valence-electron chi connectivity index (χ2n) is 9.20. The van der Waals surface area contributed by atoms with Crippen molar-refractivity contribution in [1.82, 2.24) is 10.2 Å². The van der Waals surface area contributed by atoms with Crippen LogP contribution in [0.5, 0.6) is 23.0 Å². The van der Waals surface area contributed by atoms with E-state index in [9.17, 15) is 41.0 Å². The van der Waals surface area contributed by atoms with Crippen LogP contribution >= 0.6 is 0 Å². The van der Waals surface area contributed by atoms with E-state index in [2.05, 4.69) is 10.1 Å². The molecule has 1 unspecified atom stereocenters. The van der Waals surface area contributed by atoms with Crippen molar-refractivity contribution in [1.29, 1.82) is 0 Å². The summed E-state index contributed by atoms with van der Waals surface area (Å²) in [5, 5.41) is 12.3. The lowest BCUT2D eigenvalue weighted by Crippen LogP contribution is -2.54. The van der Waals surface area contributed by atoms with Gasteiger partial charge in [0, 0.05) is 18.2 Å². The van der Waals surface area contributed by atoms with Crippen molar-refractivity contribution in [2.24, 2.45) is 0 Å². The Morgan fingerprint density at radius 1 is 1.00 bits per heavy atom. The number of benzene rings is 2. The van der Waals surface area contributed by atoms with Crippen molar-refractivity contribution in [3.8, 4) is 23.0 Å². The number of aliphatic hydroxyl groups is 1. The highest BCUT2D eigenvalue weighted by atomic mass is 19.4. The number of fused-ring (bicyclic) bond motifs is 1. The Labute approximate surface area is 223 Å². The zero-order valence-electron chi connectivity index (χ0n) is 21.1. The Bertz CT molecular complexity index is 1290. The quantitative estimate of drug-likeness (QED) is 0.259. The zero-order valence-corrected chi connectivity index (χ0v) is 21.1. The van der Waals surface area contributed by atoms with Crippen LogP contribution in [0.2, 0.25) is 0 Å². The summed E-state index contributed by atoms with van der Waals surface area (Å²) in [6, 6.07) is 6.36. The first-order valence-electron chi connectivity index (χ1n) is 11.8. The number of carbonyl (C=O) groups excluding carboxylic acids is 2. The largest absolute Gasteiger partial charge is 0.496 e. The normalized spacial score (nSPS) is 19.2. The molecule has 15 heteroatoms. The SMILES string of the molecule is COc1cc(OCCCCN2C(=O)NC(C)(c3ccc4c(c3)OCO4)C2=O)ccc1C(O)(C(F)(F)F)C(F)(F)F. The van der Waals surface area contributed by atoms with Gasteiger partial charge >= 0.3 is 18.4 Å². The van der Waals surface area contributed by atoms with Gasteiger partial charge in [0.1, 0.15) is 17.0 Å². The maximum Gasteiger partial charge on any atom is 0.430 e. The second-order valence-corrected chi connectivity index (χ2v) is 9.20. The fraction of sp³-hybridized carbons (Fsp3) is 0.440. The summed E-state index contributed by atoms with van der Waals surface area (Å²) < 4.78 is 100. The molecule has 2 aromatic rings. The molecule has 2 N–H and O–H groups in total. The first-order chi connectivity index (χ1) is 18.6. The number of halogens is 6. The van der Waals surface area contributed by atoms with E-state index in [4.69, 9.17) is 14.2 Å². The van der Waals surface area contributed by atoms with Gasteiger partial charge in [0.05, 0.1) is 13.7 Å². The van der Waals surface area contributed by atoms with Crippen LogP contribution in [0, 0.1) is 0 Å². The van der Waals surface area contributed by atoms with E-state index in [1.54, 1.807) is 25.1 Å². The first-order valence-corrected chi connectivity index (χ1v) is 11.8. The number of urea groups is 1. The summed E-state index contributed by atoms with van der Waals surface area (Å²) in [6.45, 7) is 1.59. The van der Waals surface area contributed by atoms with Gasteiger partial charge in [-0.2, -0.15) is 26.3 Å². The molecule has 2 aliphatic rings. The lowest BCUT2D eigenvalue weighted by Gasteiger charge is -2.33. The molecule has 2 heterocycles. The Hall–Kier alpha value is -3.88. The molecule has 1 fully saturated rings. The number of hydrogen-bond donors (Lipinski definition) is 2. The zero-order chi connectivity index (χ0) is 29.5. The number of methoxy groups -OCH3 is 1. The van der Waals surface area contributed by atoms with Crippen LogP contribution in [0.25, 0.3) is 0 Å². The van der Waals surface area contributed by atoms with Crippen LogP contribution in [0.15, 0.2) is 36.4 Å². The number of carbonyl (C=O) groups is 2. The number of ether oxygens (including phenoxy) is 4. The summed E-state index contributed by atoms with van der Waals surface area (Å²) in [6.07, 6.45) is -11.6. The molecule has 0 aromatic heterocycles. The van der Waals surface area contributed by atoms with E-state index in [0.29, 0.717) is 23.1 Å². The standard InChI is InChI=1S/C25H24F6N2O7/c1-22(14-5-8-17-19(11-14)40-13-39-17)20(34)33(21(35)32-22)9-3-4-10-38-15-6-7-16(18(12-15)37-2)23(36,24(26,27)28)25(29,30)31/h5-8,11-12,36H,3-4,9-10,13H2,1-2H3,(H,32,35). The Balaban J connectivity index is 1.35. The molecule has 1 saturated heterocycles. The highest BCUT2D eigenvalue weighted by molar-refractivity contribution is 6.07. The smallest absolute Gasteiger partial charge is 0.430 e. The Morgan fingerprint density at radius 2 is 1.68 bits per heavy atom. The fourth-order valence-electron chi connectivity index (χ4n) is 4.39. The van der Waals surface area contributed by atoms with Crippen LogP contribution in [0.1, 0.15) is 30.9 Å². The highest BCUT2D eigenvalue weighted by Gasteiger charge is 2.72. The van der Waals surface area contributed by atoms with Crippen LogP contribution in [0.3, 0.4) is 0 Å². The average Bonchev–Trinajstić information content (AvgIpc) is 3.44. The lowest BCUT2D eigenvalue weighted by molar-refractivity contribution is -0.376. The monoisotopic (exact) mass is 578 g/mol. The molecule has 2 aromatic carbocycles. The summed E-state index contributed by atoms with van der Waals surface area (Å²) in [4.78, 5) is 26.7. The van der Waals surface area contributed by atoms with Crippen LogP contribution in [-0.4, -0.2) is 61.4 Å². The molecule has 0 saturated carbocycles. The maximum atomic E-state index is 13.2. The van der Waals surface area contributed by atoms with Gasteiger partial charge in [0.25, 0.3) is 11.5 Å². The number of unbranched alkanes of at least 4 members (excludes halogenated alkanes) is 1. The molecular weight excluding hydrogens is 554 g/mol.